The first-order valence-electron chi connectivity index (χ1n) is 6.56. The van der Waals surface area contributed by atoms with Crippen LogP contribution in [0.1, 0.15) is 15.9 Å². The Morgan fingerprint density at radius 1 is 1.00 bits per heavy atom. The zero-order valence-corrected chi connectivity index (χ0v) is 11.8. The van der Waals surface area contributed by atoms with Gasteiger partial charge in [0.1, 0.15) is 11.5 Å². The molecule has 0 aliphatic heterocycles. The van der Waals surface area contributed by atoms with Crippen LogP contribution in [0.5, 0.6) is 11.5 Å². The van der Waals surface area contributed by atoms with E-state index >= 15 is 0 Å². The maximum Gasteiger partial charge on any atom is 0.269 e. The number of amides is 1. The Morgan fingerprint density at radius 3 is 2.27 bits per heavy atom. The molecular formula is C17H16N2O3. The molecule has 0 aliphatic carbocycles. The van der Waals surface area contributed by atoms with Crippen molar-refractivity contribution in [2.75, 3.05) is 0 Å². The van der Waals surface area contributed by atoms with Gasteiger partial charge in [-0.15, -0.1) is 0 Å². The van der Waals surface area contributed by atoms with Gasteiger partial charge in [-0.3, -0.25) is 15.6 Å². The molecule has 0 radical (unpaired) electrons. The molecule has 4 N–H and O–H groups in total. The summed E-state index contributed by atoms with van der Waals surface area (Å²) >= 11 is 0. The summed E-state index contributed by atoms with van der Waals surface area (Å²) in [6, 6.07) is 13.3. The van der Waals surface area contributed by atoms with Crippen molar-refractivity contribution in [2.45, 2.75) is 0 Å². The monoisotopic (exact) mass is 296 g/mol. The quantitative estimate of drug-likeness (QED) is 0.505. The molecule has 0 aromatic heterocycles. The van der Waals surface area contributed by atoms with E-state index in [4.69, 9.17) is 0 Å². The average Bonchev–Trinajstić information content (AvgIpc) is 2.50. The van der Waals surface area contributed by atoms with Crippen molar-refractivity contribution < 1.29 is 15.0 Å². The molecule has 0 saturated carbocycles. The molecule has 5 nitrogen and oxygen atoms in total. The second-order valence-electron chi connectivity index (χ2n) is 4.59. The molecule has 2 rings (SSSR count). The molecule has 0 fully saturated rings. The molecule has 22 heavy (non-hydrogen) atoms. The highest BCUT2D eigenvalue weighted by Gasteiger charge is 2.07. The number of hydrazine groups is 1. The van der Waals surface area contributed by atoms with Crippen molar-refractivity contribution in [1.82, 2.24) is 10.9 Å². The normalized spacial score (nSPS) is 10.4. The van der Waals surface area contributed by atoms with E-state index in [1.807, 2.05) is 36.4 Å². The van der Waals surface area contributed by atoms with Crippen molar-refractivity contribution in [3.63, 3.8) is 0 Å². The maximum atomic E-state index is 11.9. The van der Waals surface area contributed by atoms with E-state index in [1.54, 1.807) is 6.08 Å². The van der Waals surface area contributed by atoms with Gasteiger partial charge in [-0.2, -0.15) is 0 Å². The maximum absolute atomic E-state index is 11.9. The van der Waals surface area contributed by atoms with Crippen LogP contribution in [0.4, 0.5) is 0 Å². The summed E-state index contributed by atoms with van der Waals surface area (Å²) in [5.41, 5.74) is 6.70. The molecule has 2 aromatic carbocycles. The van der Waals surface area contributed by atoms with Crippen LogP contribution >= 0.6 is 0 Å². The second kappa shape index (κ2) is 6.99. The summed E-state index contributed by atoms with van der Waals surface area (Å²) in [5.74, 6) is -0.874. The Labute approximate surface area is 128 Å². The molecule has 0 spiro atoms. The van der Waals surface area contributed by atoms with Gasteiger partial charge in [-0.05, 0) is 23.8 Å². The van der Waals surface area contributed by atoms with E-state index in [9.17, 15) is 15.0 Å². The first kappa shape index (κ1) is 15.2. The number of benzene rings is 2. The summed E-state index contributed by atoms with van der Waals surface area (Å²) in [5, 5.41) is 18.7. The molecule has 2 aromatic rings. The van der Waals surface area contributed by atoms with Gasteiger partial charge in [0.15, 0.2) is 0 Å². The number of phenolic OH excluding ortho intramolecular Hbond substituents is 2. The fourth-order valence-corrected chi connectivity index (χ4v) is 1.74. The number of rotatable bonds is 5. The van der Waals surface area contributed by atoms with Crippen molar-refractivity contribution in [3.8, 4) is 11.5 Å². The third-order valence-corrected chi connectivity index (χ3v) is 2.78. The molecular weight excluding hydrogens is 280 g/mol. The first-order chi connectivity index (χ1) is 10.5. The molecule has 0 heterocycles. The molecule has 0 atom stereocenters. The Balaban J connectivity index is 1.90. The Morgan fingerprint density at radius 2 is 1.64 bits per heavy atom. The zero-order valence-electron chi connectivity index (χ0n) is 11.8. The van der Waals surface area contributed by atoms with Crippen LogP contribution < -0.4 is 10.9 Å². The van der Waals surface area contributed by atoms with Crippen LogP contribution in [0.2, 0.25) is 0 Å². The molecule has 0 saturated heterocycles. The summed E-state index contributed by atoms with van der Waals surface area (Å²) in [6.45, 7) is 3.76. The van der Waals surface area contributed by atoms with Gasteiger partial charge >= 0.3 is 0 Å². The third-order valence-electron chi connectivity index (χ3n) is 2.78. The molecule has 112 valence electrons. The van der Waals surface area contributed by atoms with E-state index < -0.39 is 5.91 Å². The Bertz CT molecular complexity index is 689. The lowest BCUT2D eigenvalue weighted by Crippen LogP contribution is -2.35. The van der Waals surface area contributed by atoms with Crippen molar-refractivity contribution in [2.24, 2.45) is 0 Å². The summed E-state index contributed by atoms with van der Waals surface area (Å²) in [7, 11) is 0. The molecule has 0 unspecified atom stereocenters. The predicted molar refractivity (Wildman–Crippen MR) is 85.0 cm³/mol. The van der Waals surface area contributed by atoms with Crippen molar-refractivity contribution >= 4 is 12.0 Å². The standard InChI is InChI=1S/C17H16N2O3/c1-12(7-8-13-5-3-2-4-6-13)18-19-17(22)14-9-15(20)11-16(21)10-14/h2-11,18,20-21H,1H2,(H,19,22). The van der Waals surface area contributed by atoms with Crippen LogP contribution in [0, 0.1) is 0 Å². The van der Waals surface area contributed by atoms with Gasteiger partial charge < -0.3 is 10.2 Å². The van der Waals surface area contributed by atoms with Crippen molar-refractivity contribution in [1.29, 1.82) is 0 Å². The van der Waals surface area contributed by atoms with Gasteiger partial charge in [0.25, 0.3) is 5.91 Å². The van der Waals surface area contributed by atoms with Gasteiger partial charge in [-0.1, -0.05) is 43.0 Å². The zero-order chi connectivity index (χ0) is 15.9. The van der Waals surface area contributed by atoms with Crippen LogP contribution in [0.25, 0.3) is 6.08 Å². The minimum Gasteiger partial charge on any atom is -0.508 e. The minimum atomic E-state index is -0.500. The molecule has 1 amide bonds. The first-order valence-corrected chi connectivity index (χ1v) is 6.56. The van der Waals surface area contributed by atoms with E-state index in [0.29, 0.717) is 5.70 Å². The SMILES string of the molecule is C=C(C=Cc1ccccc1)NNC(=O)c1cc(O)cc(O)c1. The topological polar surface area (TPSA) is 81.6 Å². The Kier molecular flexibility index (Phi) is 4.82. The number of aromatic hydroxyl groups is 2. The molecule has 0 bridgehead atoms. The number of hydrogen-bond acceptors (Lipinski definition) is 4. The molecule has 5 heteroatoms. The lowest BCUT2D eigenvalue weighted by Gasteiger charge is -2.08. The second-order valence-corrected chi connectivity index (χ2v) is 4.59. The fourth-order valence-electron chi connectivity index (χ4n) is 1.74. The fraction of sp³-hybridized carbons (Fsp3) is 0. The summed E-state index contributed by atoms with van der Waals surface area (Å²) in [4.78, 5) is 11.9. The number of hydrogen-bond donors (Lipinski definition) is 4. The van der Waals surface area contributed by atoms with Gasteiger partial charge in [-0.25, -0.2) is 0 Å². The van der Waals surface area contributed by atoms with Crippen LogP contribution in [0.15, 0.2) is 66.9 Å². The smallest absolute Gasteiger partial charge is 0.269 e. The highest BCUT2D eigenvalue weighted by molar-refractivity contribution is 5.94. The van der Waals surface area contributed by atoms with E-state index in [2.05, 4.69) is 17.4 Å². The number of phenols is 2. The van der Waals surface area contributed by atoms with Gasteiger partial charge in [0, 0.05) is 17.3 Å². The van der Waals surface area contributed by atoms with Crippen LogP contribution in [-0.2, 0) is 0 Å². The van der Waals surface area contributed by atoms with Crippen molar-refractivity contribution in [3.05, 3.63) is 78.0 Å². The Hall–Kier alpha value is -3.21. The highest BCUT2D eigenvalue weighted by Crippen LogP contribution is 2.20. The minimum absolute atomic E-state index is 0.129. The third kappa shape index (κ3) is 4.42. The van der Waals surface area contributed by atoms with Gasteiger partial charge in [0.2, 0.25) is 0 Å². The van der Waals surface area contributed by atoms with E-state index in [1.165, 1.54) is 12.1 Å². The lowest BCUT2D eigenvalue weighted by atomic mass is 10.2. The summed E-state index contributed by atoms with van der Waals surface area (Å²) < 4.78 is 0. The summed E-state index contributed by atoms with van der Waals surface area (Å²) in [6.07, 6.45) is 3.57. The van der Waals surface area contributed by atoms with E-state index in [0.717, 1.165) is 11.6 Å². The number of carbonyl (C=O) groups excluding carboxylic acids is 1. The van der Waals surface area contributed by atoms with Crippen LogP contribution in [-0.4, -0.2) is 16.1 Å². The number of allylic oxidation sites excluding steroid dienone is 1. The highest BCUT2D eigenvalue weighted by atomic mass is 16.3. The van der Waals surface area contributed by atoms with Crippen LogP contribution in [0.3, 0.4) is 0 Å². The predicted octanol–water partition coefficient (Wildman–Crippen LogP) is 2.56. The van der Waals surface area contributed by atoms with Gasteiger partial charge in [0.05, 0.1) is 0 Å². The average molecular weight is 296 g/mol. The number of carbonyl (C=O) groups is 1. The lowest BCUT2D eigenvalue weighted by molar-refractivity contribution is 0.0938. The largest absolute Gasteiger partial charge is 0.508 e. The molecule has 0 aliphatic rings. The number of nitrogens with one attached hydrogen (secondary N) is 2. The van der Waals surface area contributed by atoms with E-state index in [-0.39, 0.29) is 17.1 Å².